The summed E-state index contributed by atoms with van der Waals surface area (Å²) in [6, 6.07) is 3.72. The molecule has 0 aliphatic rings. The highest BCUT2D eigenvalue weighted by Gasteiger charge is 2.24. The number of hydrogen-bond donors (Lipinski definition) is 2. The summed E-state index contributed by atoms with van der Waals surface area (Å²) < 4.78 is 16.6. The SMILES string of the molecule is CCCC(C)C(=O)Oc1ccc(C[C@H](NCC(C)OC(=O)CCC(C)C)C(=O)O)cc1OC(=O)C(C)CCC. The van der Waals surface area contributed by atoms with Crippen molar-refractivity contribution in [3.8, 4) is 11.5 Å². The quantitative estimate of drug-likeness (QED) is 0.185. The number of hydrogen-bond acceptors (Lipinski definition) is 8. The monoisotopic (exact) mass is 549 g/mol. The van der Waals surface area contributed by atoms with Crippen molar-refractivity contribution in [2.75, 3.05) is 6.54 Å². The molecule has 220 valence electrons. The van der Waals surface area contributed by atoms with Crippen molar-refractivity contribution in [1.82, 2.24) is 5.32 Å². The minimum Gasteiger partial charge on any atom is -0.480 e. The van der Waals surface area contributed by atoms with Gasteiger partial charge in [-0.05, 0) is 56.2 Å². The molecular formula is C30H47NO8. The van der Waals surface area contributed by atoms with Gasteiger partial charge >= 0.3 is 23.9 Å². The number of carboxylic acid groups (broad SMARTS) is 1. The summed E-state index contributed by atoms with van der Waals surface area (Å²) in [5.41, 5.74) is 0.573. The molecule has 0 bridgehead atoms. The smallest absolute Gasteiger partial charge is 0.321 e. The van der Waals surface area contributed by atoms with E-state index in [1.54, 1.807) is 26.8 Å². The standard InChI is InChI=1S/C30H47NO8/c1-8-10-20(5)29(35)38-25-14-13-23(17-26(25)39-30(36)21(6)11-9-2)16-24(28(33)34)31-18-22(7)37-27(32)15-12-19(3)4/h13-14,17,19-22,24,31H,8-12,15-16,18H2,1-7H3,(H,33,34)/t20?,21?,22?,24-/m0/s1. The molecule has 1 rings (SSSR count). The molecule has 0 fully saturated rings. The second kappa shape index (κ2) is 17.6. The predicted octanol–water partition coefficient (Wildman–Crippen LogP) is 5.32. The lowest BCUT2D eigenvalue weighted by Crippen LogP contribution is -2.42. The molecular weight excluding hydrogens is 502 g/mol. The number of benzene rings is 1. The minimum absolute atomic E-state index is 0.0683. The first-order chi connectivity index (χ1) is 18.4. The molecule has 0 amide bonds. The minimum atomic E-state index is -1.08. The fourth-order valence-electron chi connectivity index (χ4n) is 3.89. The molecule has 1 aromatic rings. The van der Waals surface area contributed by atoms with Crippen LogP contribution in [0.3, 0.4) is 0 Å². The van der Waals surface area contributed by atoms with Crippen molar-refractivity contribution < 1.29 is 38.5 Å². The molecule has 3 unspecified atom stereocenters. The van der Waals surface area contributed by atoms with Gasteiger partial charge in [0.1, 0.15) is 12.1 Å². The van der Waals surface area contributed by atoms with E-state index in [-0.39, 0.29) is 42.3 Å². The maximum Gasteiger partial charge on any atom is 0.321 e. The molecule has 0 aliphatic heterocycles. The van der Waals surface area contributed by atoms with Crippen LogP contribution in [0.15, 0.2) is 18.2 Å². The molecule has 2 N–H and O–H groups in total. The van der Waals surface area contributed by atoms with Crippen LogP contribution >= 0.6 is 0 Å². The number of nitrogens with one attached hydrogen (secondary N) is 1. The normalized spacial score (nSPS) is 14.3. The van der Waals surface area contributed by atoms with Crippen LogP contribution in [0, 0.1) is 17.8 Å². The van der Waals surface area contributed by atoms with Gasteiger partial charge in [0, 0.05) is 13.0 Å². The van der Waals surface area contributed by atoms with Crippen LogP contribution < -0.4 is 14.8 Å². The molecule has 0 saturated carbocycles. The maximum atomic E-state index is 12.7. The van der Waals surface area contributed by atoms with Gasteiger partial charge in [0.05, 0.1) is 11.8 Å². The third-order valence-electron chi connectivity index (χ3n) is 6.33. The highest BCUT2D eigenvalue weighted by Crippen LogP contribution is 2.31. The zero-order valence-electron chi connectivity index (χ0n) is 24.6. The van der Waals surface area contributed by atoms with Crippen LogP contribution in [0.5, 0.6) is 11.5 Å². The number of carbonyl (C=O) groups is 4. The first-order valence-corrected chi connectivity index (χ1v) is 14.1. The average molecular weight is 550 g/mol. The number of ether oxygens (including phenoxy) is 3. The third-order valence-corrected chi connectivity index (χ3v) is 6.33. The zero-order valence-corrected chi connectivity index (χ0v) is 24.6. The summed E-state index contributed by atoms with van der Waals surface area (Å²) in [5, 5.41) is 12.7. The Hall–Kier alpha value is -2.94. The zero-order chi connectivity index (χ0) is 29.5. The Kier molecular flexibility index (Phi) is 15.4. The molecule has 0 aromatic heterocycles. The number of carbonyl (C=O) groups excluding carboxylic acids is 3. The van der Waals surface area contributed by atoms with Gasteiger partial charge in [-0.3, -0.25) is 19.2 Å². The molecule has 9 heteroatoms. The number of carboxylic acids is 1. The van der Waals surface area contributed by atoms with E-state index in [9.17, 15) is 24.3 Å². The predicted molar refractivity (Wildman–Crippen MR) is 149 cm³/mol. The van der Waals surface area contributed by atoms with Gasteiger partial charge in [-0.25, -0.2) is 0 Å². The fraction of sp³-hybridized carbons (Fsp3) is 0.667. The number of esters is 3. The highest BCUT2D eigenvalue weighted by atomic mass is 16.6. The van der Waals surface area contributed by atoms with Crippen LogP contribution in [0.1, 0.15) is 92.6 Å². The number of rotatable bonds is 18. The van der Waals surface area contributed by atoms with Crippen LogP contribution in [0.25, 0.3) is 0 Å². The Labute approximate surface area is 233 Å². The lowest BCUT2D eigenvalue weighted by molar-refractivity contribution is -0.148. The van der Waals surface area contributed by atoms with Crippen molar-refractivity contribution in [3.05, 3.63) is 23.8 Å². The van der Waals surface area contributed by atoms with Gasteiger partial charge in [-0.15, -0.1) is 0 Å². The van der Waals surface area contributed by atoms with Gasteiger partial charge < -0.3 is 24.6 Å². The fourth-order valence-corrected chi connectivity index (χ4v) is 3.89. The van der Waals surface area contributed by atoms with Crippen LogP contribution in [-0.4, -0.2) is 47.7 Å². The first-order valence-electron chi connectivity index (χ1n) is 14.1. The third kappa shape index (κ3) is 13.1. The lowest BCUT2D eigenvalue weighted by Gasteiger charge is -2.20. The van der Waals surface area contributed by atoms with E-state index in [4.69, 9.17) is 14.2 Å². The summed E-state index contributed by atoms with van der Waals surface area (Å²) in [6.07, 6.45) is 3.55. The molecule has 4 atom stereocenters. The molecule has 1 aromatic carbocycles. The molecule has 0 saturated heterocycles. The first kappa shape index (κ1) is 34.1. The largest absolute Gasteiger partial charge is 0.480 e. The van der Waals surface area contributed by atoms with Gasteiger partial charge in [0.25, 0.3) is 0 Å². The van der Waals surface area contributed by atoms with Gasteiger partial charge in [-0.2, -0.15) is 0 Å². The van der Waals surface area contributed by atoms with Gasteiger partial charge in [0.2, 0.25) is 0 Å². The van der Waals surface area contributed by atoms with Crippen LogP contribution in [-0.2, 0) is 30.3 Å². The average Bonchev–Trinajstić information content (AvgIpc) is 2.86. The molecule has 9 nitrogen and oxygen atoms in total. The van der Waals surface area contributed by atoms with Crippen molar-refractivity contribution in [1.29, 1.82) is 0 Å². The summed E-state index contributed by atoms with van der Waals surface area (Å²) in [6.45, 7) is 13.4. The second-order valence-corrected chi connectivity index (χ2v) is 10.7. The van der Waals surface area contributed by atoms with E-state index >= 15 is 0 Å². The van der Waals surface area contributed by atoms with E-state index in [2.05, 4.69) is 5.32 Å². The van der Waals surface area contributed by atoms with Crippen molar-refractivity contribution in [2.24, 2.45) is 17.8 Å². The molecule has 0 spiro atoms. The van der Waals surface area contributed by atoms with Crippen LogP contribution in [0.4, 0.5) is 0 Å². The van der Waals surface area contributed by atoms with E-state index < -0.39 is 30.1 Å². The van der Waals surface area contributed by atoms with Crippen molar-refractivity contribution in [2.45, 2.75) is 106 Å². The Balaban J connectivity index is 3.02. The molecule has 0 heterocycles. The van der Waals surface area contributed by atoms with E-state index in [1.807, 2.05) is 27.7 Å². The maximum absolute atomic E-state index is 12.7. The highest BCUT2D eigenvalue weighted by molar-refractivity contribution is 5.78. The van der Waals surface area contributed by atoms with E-state index in [0.29, 0.717) is 30.7 Å². The van der Waals surface area contributed by atoms with E-state index in [0.717, 1.165) is 19.3 Å². The molecule has 0 radical (unpaired) electrons. The Morgan fingerprint density at radius 3 is 1.92 bits per heavy atom. The molecule has 0 aliphatic carbocycles. The Morgan fingerprint density at radius 2 is 1.41 bits per heavy atom. The summed E-state index contributed by atoms with van der Waals surface area (Å²) in [5.74, 6) is -2.35. The lowest BCUT2D eigenvalue weighted by atomic mass is 10.0. The number of aliphatic carboxylic acids is 1. The summed E-state index contributed by atoms with van der Waals surface area (Å²) in [7, 11) is 0. The Bertz CT molecular complexity index is 945. The summed E-state index contributed by atoms with van der Waals surface area (Å²) in [4.78, 5) is 49.1. The van der Waals surface area contributed by atoms with Crippen LogP contribution in [0.2, 0.25) is 0 Å². The van der Waals surface area contributed by atoms with Gasteiger partial charge in [0.15, 0.2) is 11.5 Å². The van der Waals surface area contributed by atoms with E-state index in [1.165, 1.54) is 12.1 Å². The van der Waals surface area contributed by atoms with Gasteiger partial charge in [-0.1, -0.05) is 60.5 Å². The second-order valence-electron chi connectivity index (χ2n) is 10.7. The molecule has 39 heavy (non-hydrogen) atoms. The summed E-state index contributed by atoms with van der Waals surface area (Å²) >= 11 is 0. The van der Waals surface area contributed by atoms with Crippen molar-refractivity contribution in [3.63, 3.8) is 0 Å². The Morgan fingerprint density at radius 1 is 0.846 bits per heavy atom. The van der Waals surface area contributed by atoms with Crippen molar-refractivity contribution >= 4 is 23.9 Å². The topological polar surface area (TPSA) is 128 Å².